The maximum absolute atomic E-state index is 11.9. The van der Waals surface area contributed by atoms with Gasteiger partial charge in [-0.25, -0.2) is 0 Å². The lowest BCUT2D eigenvalue weighted by atomic mass is 10.1. The Hall–Kier alpha value is -0.820. The van der Waals surface area contributed by atoms with Gasteiger partial charge in [-0.2, -0.15) is 0 Å². The normalized spacial score (nSPS) is 12.0. The molecule has 0 saturated carbocycles. The van der Waals surface area contributed by atoms with Gasteiger partial charge in [0, 0.05) is 3.57 Å². The molecule has 17 heavy (non-hydrogen) atoms. The van der Waals surface area contributed by atoms with Gasteiger partial charge in [-0.05, 0) is 47.2 Å². The largest absolute Gasteiger partial charge is 0.497 e. The number of aliphatic hydroxyl groups excluding tert-OH is 1. The molecule has 0 spiro atoms. The molecule has 0 bridgehead atoms. The topological polar surface area (TPSA) is 58.6 Å². The third-order valence-electron chi connectivity index (χ3n) is 2.47. The van der Waals surface area contributed by atoms with Crippen LogP contribution in [0.25, 0.3) is 0 Å². The van der Waals surface area contributed by atoms with E-state index in [1.807, 2.05) is 6.92 Å². The highest BCUT2D eigenvalue weighted by atomic mass is 127. The number of amides is 1. The lowest BCUT2D eigenvalue weighted by Gasteiger charge is -2.14. The SMILES string of the molecule is CCC(CO)NC(=O)c1ccc(OC)cc1I. The fraction of sp³-hybridized carbons (Fsp3) is 0.417. The van der Waals surface area contributed by atoms with Crippen molar-refractivity contribution in [1.29, 1.82) is 0 Å². The van der Waals surface area contributed by atoms with Crippen molar-refractivity contribution in [2.45, 2.75) is 19.4 Å². The first-order chi connectivity index (χ1) is 8.12. The summed E-state index contributed by atoms with van der Waals surface area (Å²) in [4.78, 5) is 11.9. The zero-order valence-electron chi connectivity index (χ0n) is 9.87. The molecule has 0 heterocycles. The molecule has 94 valence electrons. The van der Waals surface area contributed by atoms with E-state index < -0.39 is 0 Å². The summed E-state index contributed by atoms with van der Waals surface area (Å²) in [5, 5.41) is 11.8. The van der Waals surface area contributed by atoms with E-state index in [1.165, 1.54) is 0 Å². The van der Waals surface area contributed by atoms with Crippen LogP contribution in [0.3, 0.4) is 0 Å². The fourth-order valence-corrected chi connectivity index (χ4v) is 2.08. The van der Waals surface area contributed by atoms with Crippen LogP contribution in [0.15, 0.2) is 18.2 Å². The molecule has 0 aliphatic heterocycles. The predicted molar refractivity (Wildman–Crippen MR) is 74.3 cm³/mol. The first-order valence-electron chi connectivity index (χ1n) is 5.37. The van der Waals surface area contributed by atoms with Crippen molar-refractivity contribution in [3.63, 3.8) is 0 Å². The minimum absolute atomic E-state index is 0.0467. The number of benzene rings is 1. The van der Waals surface area contributed by atoms with Crippen molar-refractivity contribution >= 4 is 28.5 Å². The Morgan fingerprint density at radius 1 is 1.59 bits per heavy atom. The van der Waals surface area contributed by atoms with Crippen LogP contribution in [0.2, 0.25) is 0 Å². The summed E-state index contributed by atoms with van der Waals surface area (Å²) >= 11 is 2.09. The molecule has 0 aliphatic rings. The molecular formula is C12H16INO3. The second-order valence-corrected chi connectivity index (χ2v) is 4.77. The summed E-state index contributed by atoms with van der Waals surface area (Å²) in [6.45, 7) is 1.87. The zero-order chi connectivity index (χ0) is 12.8. The number of aliphatic hydroxyl groups is 1. The molecule has 1 amide bonds. The quantitative estimate of drug-likeness (QED) is 0.797. The van der Waals surface area contributed by atoms with E-state index in [9.17, 15) is 4.79 Å². The number of methoxy groups -OCH3 is 1. The van der Waals surface area contributed by atoms with E-state index in [2.05, 4.69) is 27.9 Å². The molecule has 4 nitrogen and oxygen atoms in total. The Labute approximate surface area is 115 Å². The number of carbonyl (C=O) groups excluding carboxylic acids is 1. The molecule has 0 aliphatic carbocycles. The number of carbonyl (C=O) groups is 1. The molecule has 0 saturated heterocycles. The predicted octanol–water partition coefficient (Wildman–Crippen LogP) is 1.80. The Morgan fingerprint density at radius 3 is 2.76 bits per heavy atom. The molecule has 5 heteroatoms. The summed E-state index contributed by atoms with van der Waals surface area (Å²) in [5.74, 6) is 0.554. The van der Waals surface area contributed by atoms with Crippen LogP contribution in [0.1, 0.15) is 23.7 Å². The van der Waals surface area contributed by atoms with Gasteiger partial charge in [0.1, 0.15) is 5.75 Å². The van der Waals surface area contributed by atoms with Crippen molar-refractivity contribution in [2.75, 3.05) is 13.7 Å². The van der Waals surface area contributed by atoms with Crippen LogP contribution in [-0.4, -0.2) is 30.8 Å². The standard InChI is InChI=1S/C12H16INO3/c1-3-8(7-15)14-12(16)10-5-4-9(17-2)6-11(10)13/h4-6,8,15H,3,7H2,1-2H3,(H,14,16). The van der Waals surface area contributed by atoms with E-state index in [4.69, 9.17) is 9.84 Å². The highest BCUT2D eigenvalue weighted by Crippen LogP contribution is 2.19. The molecular weight excluding hydrogens is 333 g/mol. The molecule has 0 radical (unpaired) electrons. The average molecular weight is 349 g/mol. The van der Waals surface area contributed by atoms with Crippen LogP contribution >= 0.6 is 22.6 Å². The lowest BCUT2D eigenvalue weighted by Crippen LogP contribution is -2.37. The number of rotatable bonds is 5. The second kappa shape index (κ2) is 6.80. The van der Waals surface area contributed by atoms with Gasteiger partial charge in [0.25, 0.3) is 5.91 Å². The first-order valence-corrected chi connectivity index (χ1v) is 6.45. The summed E-state index contributed by atoms with van der Waals surface area (Å²) in [6.07, 6.45) is 0.703. The number of hydrogen-bond donors (Lipinski definition) is 2. The molecule has 1 unspecified atom stereocenters. The summed E-state index contributed by atoms with van der Waals surface area (Å²) < 4.78 is 5.90. The third kappa shape index (κ3) is 3.85. The Balaban J connectivity index is 2.82. The van der Waals surface area contributed by atoms with Crippen molar-refractivity contribution in [1.82, 2.24) is 5.32 Å². The van der Waals surface area contributed by atoms with E-state index in [-0.39, 0.29) is 18.6 Å². The molecule has 1 aromatic rings. The second-order valence-electron chi connectivity index (χ2n) is 3.61. The third-order valence-corrected chi connectivity index (χ3v) is 3.36. The Kier molecular flexibility index (Phi) is 5.70. The zero-order valence-corrected chi connectivity index (χ0v) is 12.0. The molecule has 2 N–H and O–H groups in total. The molecule has 1 rings (SSSR count). The van der Waals surface area contributed by atoms with Gasteiger partial charge >= 0.3 is 0 Å². The number of nitrogens with one attached hydrogen (secondary N) is 1. The van der Waals surface area contributed by atoms with Crippen molar-refractivity contribution in [3.8, 4) is 5.75 Å². The van der Waals surface area contributed by atoms with Gasteiger partial charge in [-0.1, -0.05) is 6.92 Å². The van der Waals surface area contributed by atoms with Gasteiger partial charge in [0.2, 0.25) is 0 Å². The van der Waals surface area contributed by atoms with Crippen LogP contribution in [-0.2, 0) is 0 Å². The van der Waals surface area contributed by atoms with Crippen LogP contribution in [0.4, 0.5) is 0 Å². The van der Waals surface area contributed by atoms with Gasteiger partial charge in [-0.15, -0.1) is 0 Å². The number of hydrogen-bond acceptors (Lipinski definition) is 3. The van der Waals surface area contributed by atoms with E-state index in [1.54, 1.807) is 25.3 Å². The highest BCUT2D eigenvalue weighted by Gasteiger charge is 2.14. The average Bonchev–Trinajstić information content (AvgIpc) is 2.35. The molecule has 0 aromatic heterocycles. The number of ether oxygens (including phenoxy) is 1. The van der Waals surface area contributed by atoms with Gasteiger partial charge in [0.05, 0.1) is 25.3 Å². The van der Waals surface area contributed by atoms with Gasteiger partial charge in [-0.3, -0.25) is 4.79 Å². The van der Waals surface area contributed by atoms with E-state index in [0.717, 1.165) is 9.32 Å². The van der Waals surface area contributed by atoms with Crippen molar-refractivity contribution in [3.05, 3.63) is 27.3 Å². The monoisotopic (exact) mass is 349 g/mol. The summed E-state index contributed by atoms with van der Waals surface area (Å²) in [5.41, 5.74) is 0.596. The van der Waals surface area contributed by atoms with Crippen LogP contribution in [0.5, 0.6) is 5.75 Å². The summed E-state index contributed by atoms with van der Waals surface area (Å²) in [7, 11) is 1.59. The highest BCUT2D eigenvalue weighted by molar-refractivity contribution is 14.1. The molecule has 0 fully saturated rings. The van der Waals surface area contributed by atoms with Crippen LogP contribution < -0.4 is 10.1 Å². The fourth-order valence-electron chi connectivity index (χ4n) is 1.35. The van der Waals surface area contributed by atoms with Crippen LogP contribution in [0, 0.1) is 3.57 Å². The van der Waals surface area contributed by atoms with Gasteiger partial charge < -0.3 is 15.2 Å². The molecule has 1 aromatic carbocycles. The Morgan fingerprint density at radius 2 is 2.29 bits per heavy atom. The minimum Gasteiger partial charge on any atom is -0.497 e. The number of halogens is 1. The van der Waals surface area contributed by atoms with Crippen molar-refractivity contribution in [2.24, 2.45) is 0 Å². The van der Waals surface area contributed by atoms with E-state index in [0.29, 0.717) is 12.0 Å². The molecule has 1 atom stereocenters. The minimum atomic E-state index is -0.194. The lowest BCUT2D eigenvalue weighted by molar-refractivity contribution is 0.0914. The van der Waals surface area contributed by atoms with Gasteiger partial charge in [0.15, 0.2) is 0 Å². The maximum atomic E-state index is 11.9. The smallest absolute Gasteiger partial charge is 0.252 e. The maximum Gasteiger partial charge on any atom is 0.252 e. The Bertz CT molecular complexity index is 391. The van der Waals surface area contributed by atoms with Crippen molar-refractivity contribution < 1.29 is 14.6 Å². The van der Waals surface area contributed by atoms with E-state index >= 15 is 0 Å². The summed E-state index contributed by atoms with van der Waals surface area (Å²) in [6, 6.07) is 5.08. The first kappa shape index (κ1) is 14.2.